The van der Waals surface area contributed by atoms with E-state index >= 15 is 0 Å². The molecular formula is C17H19NO2S. The Morgan fingerprint density at radius 1 is 1.14 bits per heavy atom. The molecule has 0 aliphatic rings. The molecule has 0 bridgehead atoms. The third-order valence-corrected chi connectivity index (χ3v) is 4.03. The molecule has 0 atom stereocenters. The molecule has 0 aliphatic carbocycles. The van der Waals surface area contributed by atoms with Crippen molar-refractivity contribution in [2.45, 2.75) is 24.7 Å². The van der Waals surface area contributed by atoms with Crippen molar-refractivity contribution in [2.75, 3.05) is 13.4 Å². The number of carbonyl (C=O) groups is 1. The van der Waals surface area contributed by atoms with Gasteiger partial charge in [-0.15, -0.1) is 11.8 Å². The van der Waals surface area contributed by atoms with Crippen LogP contribution < -0.4 is 4.74 Å². The van der Waals surface area contributed by atoms with Crippen molar-refractivity contribution in [3.63, 3.8) is 0 Å². The summed E-state index contributed by atoms with van der Waals surface area (Å²) in [6.07, 6.45) is 2.01. The standard InChI is InChI=1S/C17H19NO2S/c1-11(2)14-9-10-15(18-17(14)20-3)16(19)12-5-7-13(21-4)8-6-12/h5-11H,1-4H3. The van der Waals surface area contributed by atoms with E-state index in [2.05, 4.69) is 18.8 Å². The van der Waals surface area contributed by atoms with Crippen LogP contribution in [0.4, 0.5) is 0 Å². The maximum Gasteiger partial charge on any atom is 0.217 e. The van der Waals surface area contributed by atoms with E-state index in [1.807, 2.05) is 36.6 Å². The van der Waals surface area contributed by atoms with Gasteiger partial charge in [-0.25, -0.2) is 4.98 Å². The third-order valence-electron chi connectivity index (χ3n) is 3.29. The number of thioether (sulfide) groups is 1. The number of ketones is 1. The van der Waals surface area contributed by atoms with E-state index in [-0.39, 0.29) is 5.78 Å². The van der Waals surface area contributed by atoms with Gasteiger partial charge in [-0.1, -0.05) is 19.9 Å². The van der Waals surface area contributed by atoms with Crippen LogP contribution in [0, 0.1) is 0 Å². The van der Waals surface area contributed by atoms with E-state index in [1.54, 1.807) is 24.9 Å². The number of aromatic nitrogens is 1. The largest absolute Gasteiger partial charge is 0.481 e. The monoisotopic (exact) mass is 301 g/mol. The van der Waals surface area contributed by atoms with Gasteiger partial charge < -0.3 is 4.74 Å². The van der Waals surface area contributed by atoms with E-state index in [0.717, 1.165) is 10.5 Å². The van der Waals surface area contributed by atoms with Crippen molar-refractivity contribution >= 4 is 17.5 Å². The number of ether oxygens (including phenoxy) is 1. The molecule has 0 aliphatic heterocycles. The lowest BCUT2D eigenvalue weighted by Crippen LogP contribution is -2.07. The van der Waals surface area contributed by atoms with Gasteiger partial charge in [0, 0.05) is 16.0 Å². The van der Waals surface area contributed by atoms with Crippen molar-refractivity contribution in [1.29, 1.82) is 0 Å². The summed E-state index contributed by atoms with van der Waals surface area (Å²) in [6.45, 7) is 4.14. The van der Waals surface area contributed by atoms with Gasteiger partial charge in [-0.2, -0.15) is 0 Å². The molecule has 0 radical (unpaired) electrons. The van der Waals surface area contributed by atoms with Gasteiger partial charge in [0.15, 0.2) is 0 Å². The lowest BCUT2D eigenvalue weighted by molar-refractivity contribution is 0.103. The fourth-order valence-electron chi connectivity index (χ4n) is 2.07. The Balaban J connectivity index is 2.34. The highest BCUT2D eigenvalue weighted by molar-refractivity contribution is 7.98. The first-order chi connectivity index (χ1) is 10.1. The van der Waals surface area contributed by atoms with Crippen LogP contribution in [-0.4, -0.2) is 24.1 Å². The minimum absolute atomic E-state index is 0.0868. The van der Waals surface area contributed by atoms with E-state index in [0.29, 0.717) is 23.1 Å². The zero-order valence-corrected chi connectivity index (χ0v) is 13.5. The Hall–Kier alpha value is -1.81. The molecule has 3 nitrogen and oxygen atoms in total. The molecule has 0 spiro atoms. The van der Waals surface area contributed by atoms with Crippen LogP contribution in [0.1, 0.15) is 41.4 Å². The Kier molecular flexibility index (Phi) is 5.02. The minimum atomic E-state index is -0.0868. The zero-order valence-electron chi connectivity index (χ0n) is 12.7. The summed E-state index contributed by atoms with van der Waals surface area (Å²) in [5.74, 6) is 0.741. The van der Waals surface area contributed by atoms with Gasteiger partial charge in [0.2, 0.25) is 11.7 Å². The number of benzene rings is 1. The average molecular weight is 301 g/mol. The number of pyridine rings is 1. The second-order valence-corrected chi connectivity index (χ2v) is 5.89. The average Bonchev–Trinajstić information content (AvgIpc) is 2.53. The fraction of sp³-hybridized carbons (Fsp3) is 0.294. The summed E-state index contributed by atoms with van der Waals surface area (Å²) in [4.78, 5) is 18.0. The van der Waals surface area contributed by atoms with E-state index in [1.165, 1.54) is 0 Å². The molecule has 0 fully saturated rings. The molecule has 0 unspecified atom stereocenters. The molecule has 0 saturated carbocycles. The van der Waals surface area contributed by atoms with Gasteiger partial charge in [-0.05, 0) is 42.5 Å². The number of carbonyl (C=O) groups excluding carboxylic acids is 1. The van der Waals surface area contributed by atoms with E-state index < -0.39 is 0 Å². The Morgan fingerprint density at radius 3 is 2.33 bits per heavy atom. The number of hydrogen-bond acceptors (Lipinski definition) is 4. The van der Waals surface area contributed by atoms with Crippen LogP contribution >= 0.6 is 11.8 Å². The van der Waals surface area contributed by atoms with Crippen molar-refractivity contribution < 1.29 is 9.53 Å². The van der Waals surface area contributed by atoms with Crippen LogP contribution in [0.5, 0.6) is 5.88 Å². The highest BCUT2D eigenvalue weighted by Gasteiger charge is 2.15. The molecule has 0 amide bonds. The highest BCUT2D eigenvalue weighted by atomic mass is 32.2. The first-order valence-corrected chi connectivity index (χ1v) is 8.03. The lowest BCUT2D eigenvalue weighted by Gasteiger charge is -2.11. The topological polar surface area (TPSA) is 39.2 Å². The lowest BCUT2D eigenvalue weighted by atomic mass is 10.0. The smallest absolute Gasteiger partial charge is 0.217 e. The van der Waals surface area contributed by atoms with Crippen molar-refractivity contribution in [2.24, 2.45) is 0 Å². The molecule has 4 heteroatoms. The minimum Gasteiger partial charge on any atom is -0.481 e. The second-order valence-electron chi connectivity index (χ2n) is 5.01. The summed E-state index contributed by atoms with van der Waals surface area (Å²) in [5.41, 5.74) is 2.06. The van der Waals surface area contributed by atoms with Crippen LogP contribution in [0.3, 0.4) is 0 Å². The second kappa shape index (κ2) is 6.76. The molecule has 1 heterocycles. The molecule has 0 saturated heterocycles. The van der Waals surface area contributed by atoms with E-state index in [4.69, 9.17) is 4.74 Å². The molecule has 1 aromatic heterocycles. The zero-order chi connectivity index (χ0) is 15.4. The molecule has 0 N–H and O–H groups in total. The molecule has 110 valence electrons. The van der Waals surface area contributed by atoms with Gasteiger partial charge in [-0.3, -0.25) is 4.79 Å². The predicted molar refractivity (Wildman–Crippen MR) is 86.5 cm³/mol. The number of nitrogens with zero attached hydrogens (tertiary/aromatic N) is 1. The van der Waals surface area contributed by atoms with Crippen LogP contribution in [0.25, 0.3) is 0 Å². The van der Waals surface area contributed by atoms with Gasteiger partial charge in [0.05, 0.1) is 7.11 Å². The maximum atomic E-state index is 12.5. The van der Waals surface area contributed by atoms with Gasteiger partial charge in [0.1, 0.15) is 5.69 Å². The molecular weight excluding hydrogens is 282 g/mol. The quantitative estimate of drug-likeness (QED) is 0.614. The normalized spacial score (nSPS) is 10.7. The third kappa shape index (κ3) is 3.45. The van der Waals surface area contributed by atoms with Crippen molar-refractivity contribution in [3.05, 3.63) is 53.2 Å². The van der Waals surface area contributed by atoms with Crippen LogP contribution in [0.15, 0.2) is 41.3 Å². The SMILES string of the molecule is COc1nc(C(=O)c2ccc(SC)cc2)ccc1C(C)C. The Morgan fingerprint density at radius 2 is 1.81 bits per heavy atom. The van der Waals surface area contributed by atoms with E-state index in [9.17, 15) is 4.79 Å². The fourth-order valence-corrected chi connectivity index (χ4v) is 2.48. The van der Waals surface area contributed by atoms with Crippen molar-refractivity contribution in [1.82, 2.24) is 4.98 Å². The number of rotatable bonds is 5. The maximum absolute atomic E-state index is 12.5. The highest BCUT2D eigenvalue weighted by Crippen LogP contribution is 2.25. The Labute approximate surface area is 129 Å². The van der Waals surface area contributed by atoms with Crippen LogP contribution in [0.2, 0.25) is 0 Å². The summed E-state index contributed by atoms with van der Waals surface area (Å²) < 4.78 is 5.30. The van der Waals surface area contributed by atoms with Crippen LogP contribution in [-0.2, 0) is 0 Å². The number of methoxy groups -OCH3 is 1. The molecule has 2 rings (SSSR count). The summed E-state index contributed by atoms with van der Waals surface area (Å²) in [6, 6.07) is 11.2. The molecule has 21 heavy (non-hydrogen) atoms. The Bertz CT molecular complexity index is 636. The first kappa shape index (κ1) is 15.6. The summed E-state index contributed by atoms with van der Waals surface area (Å²) >= 11 is 1.65. The number of hydrogen-bond donors (Lipinski definition) is 0. The predicted octanol–water partition coefficient (Wildman–Crippen LogP) is 4.17. The van der Waals surface area contributed by atoms with Crippen molar-refractivity contribution in [3.8, 4) is 5.88 Å². The summed E-state index contributed by atoms with van der Waals surface area (Å²) in [7, 11) is 1.58. The van der Waals surface area contributed by atoms with Gasteiger partial charge >= 0.3 is 0 Å². The molecule has 2 aromatic rings. The summed E-state index contributed by atoms with van der Waals surface area (Å²) in [5, 5.41) is 0. The first-order valence-electron chi connectivity index (χ1n) is 6.80. The molecule has 1 aromatic carbocycles. The van der Waals surface area contributed by atoms with Gasteiger partial charge in [0.25, 0.3) is 0 Å².